The van der Waals surface area contributed by atoms with Gasteiger partial charge in [0.15, 0.2) is 0 Å². The van der Waals surface area contributed by atoms with Crippen molar-refractivity contribution in [3.63, 3.8) is 0 Å². The van der Waals surface area contributed by atoms with Gasteiger partial charge in [-0.3, -0.25) is 0 Å². The SMILES string of the molecule is Clc1ccc(C2(c3cc[nH]c3)CC2)cc1. The molecule has 2 aromatic rings. The first-order valence-electron chi connectivity index (χ1n) is 5.21. The summed E-state index contributed by atoms with van der Waals surface area (Å²) >= 11 is 5.90. The summed E-state index contributed by atoms with van der Waals surface area (Å²) in [5, 5.41) is 0.809. The average molecular weight is 218 g/mol. The highest BCUT2D eigenvalue weighted by Gasteiger charge is 2.45. The number of aromatic nitrogens is 1. The monoisotopic (exact) mass is 217 g/mol. The highest BCUT2D eigenvalue weighted by Crippen LogP contribution is 2.53. The maximum absolute atomic E-state index is 5.90. The minimum atomic E-state index is 0.268. The first-order chi connectivity index (χ1) is 7.31. The van der Waals surface area contributed by atoms with Gasteiger partial charge in [0, 0.05) is 22.8 Å². The number of benzene rings is 1. The van der Waals surface area contributed by atoms with Crippen LogP contribution in [0.3, 0.4) is 0 Å². The summed E-state index contributed by atoms with van der Waals surface area (Å²) in [6.45, 7) is 0. The summed E-state index contributed by atoms with van der Waals surface area (Å²) in [6.07, 6.45) is 6.58. The Morgan fingerprint density at radius 3 is 2.27 bits per heavy atom. The van der Waals surface area contributed by atoms with E-state index in [2.05, 4.69) is 29.4 Å². The number of hydrogen-bond acceptors (Lipinski definition) is 0. The fourth-order valence-electron chi connectivity index (χ4n) is 2.26. The van der Waals surface area contributed by atoms with Gasteiger partial charge in [-0.15, -0.1) is 0 Å². The van der Waals surface area contributed by atoms with E-state index in [-0.39, 0.29) is 5.41 Å². The summed E-state index contributed by atoms with van der Waals surface area (Å²) in [5.41, 5.74) is 3.04. The molecular weight excluding hydrogens is 206 g/mol. The largest absolute Gasteiger partial charge is 0.367 e. The quantitative estimate of drug-likeness (QED) is 0.789. The molecule has 1 fully saturated rings. The van der Waals surface area contributed by atoms with Crippen molar-refractivity contribution in [1.82, 2.24) is 4.98 Å². The van der Waals surface area contributed by atoms with Gasteiger partial charge >= 0.3 is 0 Å². The van der Waals surface area contributed by atoms with Crippen LogP contribution in [-0.4, -0.2) is 4.98 Å². The van der Waals surface area contributed by atoms with Gasteiger partial charge in [0.2, 0.25) is 0 Å². The van der Waals surface area contributed by atoms with Crippen LogP contribution in [0, 0.1) is 0 Å². The molecule has 1 aromatic heterocycles. The molecule has 76 valence electrons. The fourth-order valence-corrected chi connectivity index (χ4v) is 2.39. The van der Waals surface area contributed by atoms with E-state index in [9.17, 15) is 0 Å². The van der Waals surface area contributed by atoms with Crippen LogP contribution in [0.2, 0.25) is 5.02 Å². The van der Waals surface area contributed by atoms with Gasteiger partial charge in [-0.25, -0.2) is 0 Å². The predicted octanol–water partition coefficient (Wildman–Crippen LogP) is 3.75. The lowest BCUT2D eigenvalue weighted by Gasteiger charge is -2.13. The van der Waals surface area contributed by atoms with Crippen molar-refractivity contribution < 1.29 is 0 Å². The maximum atomic E-state index is 5.90. The van der Waals surface area contributed by atoms with Gasteiger partial charge in [-0.1, -0.05) is 23.7 Å². The Kier molecular flexibility index (Phi) is 1.89. The van der Waals surface area contributed by atoms with Crippen LogP contribution >= 0.6 is 11.6 Å². The van der Waals surface area contributed by atoms with Gasteiger partial charge in [0.1, 0.15) is 0 Å². The minimum absolute atomic E-state index is 0.268. The molecule has 1 nitrogen and oxygen atoms in total. The van der Waals surface area contributed by atoms with E-state index in [1.54, 1.807) is 0 Å². The highest BCUT2D eigenvalue weighted by molar-refractivity contribution is 6.30. The lowest BCUT2D eigenvalue weighted by molar-refractivity contribution is 0.849. The topological polar surface area (TPSA) is 15.8 Å². The molecule has 0 radical (unpaired) electrons. The molecule has 1 heterocycles. The second-order valence-electron chi connectivity index (χ2n) is 4.19. The Morgan fingerprint density at radius 2 is 1.73 bits per heavy atom. The lowest BCUT2D eigenvalue weighted by Crippen LogP contribution is -2.06. The van der Waals surface area contributed by atoms with Crippen molar-refractivity contribution in [3.05, 3.63) is 58.9 Å². The smallest absolute Gasteiger partial charge is 0.0406 e. The molecule has 0 unspecified atom stereocenters. The third-order valence-electron chi connectivity index (χ3n) is 3.30. The van der Waals surface area contributed by atoms with Crippen LogP contribution in [-0.2, 0) is 5.41 Å². The Balaban J connectivity index is 2.04. The molecule has 0 amide bonds. The predicted molar refractivity (Wildman–Crippen MR) is 62.3 cm³/mol. The summed E-state index contributed by atoms with van der Waals surface area (Å²) in [5.74, 6) is 0. The van der Waals surface area contributed by atoms with Gasteiger partial charge in [-0.2, -0.15) is 0 Å². The molecular formula is C13H12ClN. The summed E-state index contributed by atoms with van der Waals surface area (Å²) < 4.78 is 0. The highest BCUT2D eigenvalue weighted by atomic mass is 35.5. The zero-order chi connectivity index (χ0) is 10.3. The van der Waals surface area contributed by atoms with E-state index in [4.69, 9.17) is 11.6 Å². The first-order valence-corrected chi connectivity index (χ1v) is 5.58. The Hall–Kier alpha value is -1.21. The van der Waals surface area contributed by atoms with Crippen LogP contribution < -0.4 is 0 Å². The van der Waals surface area contributed by atoms with E-state index in [1.165, 1.54) is 24.0 Å². The molecule has 0 spiro atoms. The summed E-state index contributed by atoms with van der Waals surface area (Å²) in [7, 11) is 0. The van der Waals surface area contributed by atoms with Crippen LogP contribution in [0.4, 0.5) is 0 Å². The third-order valence-corrected chi connectivity index (χ3v) is 3.55. The maximum Gasteiger partial charge on any atom is 0.0406 e. The second kappa shape index (κ2) is 3.14. The van der Waals surface area contributed by atoms with Crippen LogP contribution in [0.1, 0.15) is 24.0 Å². The normalized spacial score (nSPS) is 17.7. The van der Waals surface area contributed by atoms with Gasteiger partial charge < -0.3 is 4.98 Å². The van der Waals surface area contributed by atoms with E-state index >= 15 is 0 Å². The summed E-state index contributed by atoms with van der Waals surface area (Å²) in [4.78, 5) is 3.13. The standard InChI is InChI=1S/C13H12ClN/c14-12-3-1-10(2-4-12)13(6-7-13)11-5-8-15-9-11/h1-5,8-9,15H,6-7H2. The van der Waals surface area contributed by atoms with Crippen molar-refractivity contribution >= 4 is 11.6 Å². The second-order valence-corrected chi connectivity index (χ2v) is 4.63. The molecule has 2 heteroatoms. The van der Waals surface area contributed by atoms with Gasteiger partial charge in [0.25, 0.3) is 0 Å². The average Bonchev–Trinajstić information content (AvgIpc) is 2.88. The number of H-pyrrole nitrogens is 1. The van der Waals surface area contributed by atoms with Crippen molar-refractivity contribution in [2.24, 2.45) is 0 Å². The fraction of sp³-hybridized carbons (Fsp3) is 0.231. The van der Waals surface area contributed by atoms with E-state index < -0.39 is 0 Å². The van der Waals surface area contributed by atoms with Crippen LogP contribution in [0.5, 0.6) is 0 Å². The number of aromatic amines is 1. The Morgan fingerprint density at radius 1 is 1.00 bits per heavy atom. The molecule has 1 aromatic carbocycles. The molecule has 1 aliphatic carbocycles. The number of hydrogen-bond donors (Lipinski definition) is 1. The summed E-state index contributed by atoms with van der Waals surface area (Å²) in [6, 6.07) is 10.4. The van der Waals surface area contributed by atoms with E-state index in [0.717, 1.165) is 5.02 Å². The van der Waals surface area contributed by atoms with E-state index in [0.29, 0.717) is 0 Å². The molecule has 0 bridgehead atoms. The number of halogens is 1. The zero-order valence-electron chi connectivity index (χ0n) is 8.33. The molecule has 1 aliphatic rings. The molecule has 0 aliphatic heterocycles. The van der Waals surface area contributed by atoms with E-state index in [1.807, 2.05) is 18.3 Å². The number of rotatable bonds is 2. The molecule has 1 saturated carbocycles. The van der Waals surface area contributed by atoms with Gasteiger partial charge in [-0.05, 0) is 42.2 Å². The van der Waals surface area contributed by atoms with Crippen molar-refractivity contribution in [1.29, 1.82) is 0 Å². The Labute approximate surface area is 94.1 Å². The zero-order valence-corrected chi connectivity index (χ0v) is 9.09. The minimum Gasteiger partial charge on any atom is -0.367 e. The van der Waals surface area contributed by atoms with Crippen molar-refractivity contribution in [2.75, 3.05) is 0 Å². The van der Waals surface area contributed by atoms with Crippen LogP contribution in [0.15, 0.2) is 42.7 Å². The molecule has 0 atom stereocenters. The van der Waals surface area contributed by atoms with Crippen molar-refractivity contribution in [3.8, 4) is 0 Å². The van der Waals surface area contributed by atoms with Gasteiger partial charge in [0.05, 0.1) is 0 Å². The molecule has 1 N–H and O–H groups in total. The third kappa shape index (κ3) is 1.38. The number of nitrogens with one attached hydrogen (secondary N) is 1. The molecule has 3 rings (SSSR count). The first kappa shape index (κ1) is 9.05. The molecule has 0 saturated heterocycles. The Bertz CT molecular complexity index is 452. The lowest BCUT2D eigenvalue weighted by atomic mass is 9.90. The molecule has 15 heavy (non-hydrogen) atoms. The van der Waals surface area contributed by atoms with Crippen LogP contribution in [0.25, 0.3) is 0 Å². The van der Waals surface area contributed by atoms with Crippen molar-refractivity contribution in [2.45, 2.75) is 18.3 Å².